The standard InChI is InChI=1S/C16H16ClFN4O3/c1-24-16(23)10-6-13(17)21-14(7-10)25-11-8-12(18)15(20-9-11)22-4-2-19-3-5-22/h6-9,19H,2-5H2,1H3. The second kappa shape index (κ2) is 7.62. The summed E-state index contributed by atoms with van der Waals surface area (Å²) in [7, 11) is 1.26. The van der Waals surface area contributed by atoms with Crippen molar-refractivity contribution in [3.63, 3.8) is 0 Å². The van der Waals surface area contributed by atoms with E-state index in [-0.39, 0.29) is 28.2 Å². The molecule has 0 saturated carbocycles. The summed E-state index contributed by atoms with van der Waals surface area (Å²) in [6.07, 6.45) is 1.40. The van der Waals surface area contributed by atoms with Gasteiger partial charge in [-0.3, -0.25) is 0 Å². The van der Waals surface area contributed by atoms with Crippen LogP contribution in [0.4, 0.5) is 10.2 Å². The van der Waals surface area contributed by atoms with E-state index in [1.54, 1.807) is 0 Å². The van der Waals surface area contributed by atoms with E-state index in [1.807, 2.05) is 4.90 Å². The fraction of sp³-hybridized carbons (Fsp3) is 0.312. The number of esters is 1. The second-order valence-corrected chi connectivity index (χ2v) is 5.71. The molecule has 1 aliphatic rings. The first kappa shape index (κ1) is 17.4. The number of piperazine rings is 1. The third kappa shape index (κ3) is 4.15. The molecule has 1 fully saturated rings. The molecule has 3 heterocycles. The lowest BCUT2D eigenvalue weighted by Crippen LogP contribution is -2.44. The van der Waals surface area contributed by atoms with Crippen molar-refractivity contribution >= 4 is 23.4 Å². The number of carbonyl (C=O) groups excluding carboxylic acids is 1. The monoisotopic (exact) mass is 366 g/mol. The third-order valence-electron chi connectivity index (χ3n) is 3.63. The van der Waals surface area contributed by atoms with Crippen molar-refractivity contribution in [1.29, 1.82) is 0 Å². The van der Waals surface area contributed by atoms with E-state index in [4.69, 9.17) is 16.3 Å². The van der Waals surface area contributed by atoms with E-state index < -0.39 is 11.8 Å². The van der Waals surface area contributed by atoms with Gasteiger partial charge in [-0.2, -0.15) is 0 Å². The molecule has 7 nitrogen and oxygen atoms in total. The molecule has 2 aromatic rings. The van der Waals surface area contributed by atoms with Gasteiger partial charge in [-0.25, -0.2) is 19.2 Å². The number of nitrogens with one attached hydrogen (secondary N) is 1. The zero-order valence-electron chi connectivity index (χ0n) is 13.5. The van der Waals surface area contributed by atoms with Crippen LogP contribution >= 0.6 is 11.6 Å². The number of aromatic nitrogens is 2. The Labute approximate surface area is 148 Å². The predicted octanol–water partition coefficient (Wildman–Crippen LogP) is 2.26. The zero-order valence-corrected chi connectivity index (χ0v) is 14.2. The summed E-state index contributed by atoms with van der Waals surface area (Å²) in [5.41, 5.74) is 0.184. The summed E-state index contributed by atoms with van der Waals surface area (Å²) in [4.78, 5) is 21.6. The number of methoxy groups -OCH3 is 1. The molecule has 0 atom stereocenters. The molecule has 0 spiro atoms. The van der Waals surface area contributed by atoms with Gasteiger partial charge in [0.25, 0.3) is 0 Å². The molecule has 0 bridgehead atoms. The number of hydrogen-bond donors (Lipinski definition) is 1. The molecule has 9 heteroatoms. The second-order valence-electron chi connectivity index (χ2n) is 5.32. The molecule has 1 saturated heterocycles. The highest BCUT2D eigenvalue weighted by atomic mass is 35.5. The molecule has 1 N–H and O–H groups in total. The molecule has 0 unspecified atom stereocenters. The number of carbonyl (C=O) groups is 1. The summed E-state index contributed by atoms with van der Waals surface area (Å²) in [6, 6.07) is 3.94. The topological polar surface area (TPSA) is 76.6 Å². The van der Waals surface area contributed by atoms with Crippen LogP contribution in [0.3, 0.4) is 0 Å². The highest BCUT2D eigenvalue weighted by Gasteiger charge is 2.17. The van der Waals surface area contributed by atoms with Crippen LogP contribution in [0.5, 0.6) is 11.6 Å². The summed E-state index contributed by atoms with van der Waals surface area (Å²) in [5, 5.41) is 3.26. The summed E-state index contributed by atoms with van der Waals surface area (Å²) < 4.78 is 24.5. The number of pyridine rings is 2. The van der Waals surface area contributed by atoms with Gasteiger partial charge in [0.15, 0.2) is 17.4 Å². The maximum absolute atomic E-state index is 14.4. The molecule has 0 radical (unpaired) electrons. The first-order chi connectivity index (χ1) is 12.1. The van der Waals surface area contributed by atoms with Gasteiger partial charge in [-0.05, 0) is 6.07 Å². The van der Waals surface area contributed by atoms with Crippen molar-refractivity contribution in [1.82, 2.24) is 15.3 Å². The predicted molar refractivity (Wildman–Crippen MR) is 89.9 cm³/mol. The van der Waals surface area contributed by atoms with Gasteiger partial charge >= 0.3 is 5.97 Å². The van der Waals surface area contributed by atoms with Crippen molar-refractivity contribution < 1.29 is 18.7 Å². The lowest BCUT2D eigenvalue weighted by atomic mass is 10.3. The van der Waals surface area contributed by atoms with Crippen molar-refractivity contribution in [3.05, 3.63) is 40.9 Å². The SMILES string of the molecule is COC(=O)c1cc(Cl)nc(Oc2cnc(N3CCNCC3)c(F)c2)c1. The Kier molecular flexibility index (Phi) is 5.30. The maximum atomic E-state index is 14.4. The Bertz CT molecular complexity index is 784. The third-order valence-corrected chi connectivity index (χ3v) is 3.82. The Morgan fingerprint density at radius 2 is 2.08 bits per heavy atom. The molecule has 2 aromatic heterocycles. The van der Waals surface area contributed by atoms with Crippen molar-refractivity contribution in [2.24, 2.45) is 0 Å². The van der Waals surface area contributed by atoms with Crippen LogP contribution in [0.15, 0.2) is 24.4 Å². The van der Waals surface area contributed by atoms with E-state index >= 15 is 0 Å². The Morgan fingerprint density at radius 3 is 2.76 bits per heavy atom. The normalized spacial score (nSPS) is 14.3. The van der Waals surface area contributed by atoms with Gasteiger partial charge in [0.05, 0.1) is 18.9 Å². The van der Waals surface area contributed by atoms with Gasteiger partial charge in [-0.1, -0.05) is 11.6 Å². The van der Waals surface area contributed by atoms with Crippen LogP contribution in [0.1, 0.15) is 10.4 Å². The molecule has 0 aliphatic carbocycles. The number of rotatable bonds is 4. The van der Waals surface area contributed by atoms with Gasteiger partial charge < -0.3 is 19.7 Å². The first-order valence-electron chi connectivity index (χ1n) is 7.62. The minimum Gasteiger partial charge on any atom is -0.465 e. The van der Waals surface area contributed by atoms with E-state index in [2.05, 4.69) is 20.0 Å². The number of ether oxygens (including phenoxy) is 2. The molecular formula is C16H16ClFN4O3. The van der Waals surface area contributed by atoms with Crippen LogP contribution in [0.25, 0.3) is 0 Å². The van der Waals surface area contributed by atoms with Gasteiger partial charge in [-0.15, -0.1) is 0 Å². The lowest BCUT2D eigenvalue weighted by Gasteiger charge is -2.28. The molecule has 1 aliphatic heterocycles. The fourth-order valence-electron chi connectivity index (χ4n) is 2.46. The summed E-state index contributed by atoms with van der Waals surface area (Å²) in [5.74, 6) is -0.587. The number of hydrogen-bond acceptors (Lipinski definition) is 7. The van der Waals surface area contributed by atoms with Crippen molar-refractivity contribution in [2.45, 2.75) is 0 Å². The van der Waals surface area contributed by atoms with Crippen LogP contribution in [0, 0.1) is 5.82 Å². The molecular weight excluding hydrogens is 351 g/mol. The molecule has 0 amide bonds. The highest BCUT2D eigenvalue weighted by Crippen LogP contribution is 2.26. The van der Waals surface area contributed by atoms with E-state index in [0.717, 1.165) is 13.1 Å². The van der Waals surface area contributed by atoms with E-state index in [1.165, 1.54) is 31.5 Å². The quantitative estimate of drug-likeness (QED) is 0.657. The van der Waals surface area contributed by atoms with Crippen LogP contribution in [-0.2, 0) is 4.74 Å². The van der Waals surface area contributed by atoms with Crippen molar-refractivity contribution in [3.8, 4) is 11.6 Å². The van der Waals surface area contributed by atoms with Gasteiger partial charge in [0.1, 0.15) is 5.15 Å². The lowest BCUT2D eigenvalue weighted by molar-refractivity contribution is 0.0600. The Balaban J connectivity index is 1.80. The average Bonchev–Trinajstić information content (AvgIpc) is 2.61. The summed E-state index contributed by atoms with van der Waals surface area (Å²) >= 11 is 5.87. The van der Waals surface area contributed by atoms with Crippen LogP contribution < -0.4 is 15.0 Å². The van der Waals surface area contributed by atoms with Crippen molar-refractivity contribution in [2.75, 3.05) is 38.2 Å². The first-order valence-corrected chi connectivity index (χ1v) is 7.99. The minimum atomic E-state index is -0.576. The molecule has 0 aromatic carbocycles. The highest BCUT2D eigenvalue weighted by molar-refractivity contribution is 6.29. The fourth-order valence-corrected chi connectivity index (χ4v) is 2.66. The van der Waals surface area contributed by atoms with Gasteiger partial charge in [0.2, 0.25) is 5.88 Å². The van der Waals surface area contributed by atoms with Crippen LogP contribution in [-0.4, -0.2) is 49.2 Å². The van der Waals surface area contributed by atoms with Gasteiger partial charge in [0, 0.05) is 38.3 Å². The molecule has 3 rings (SSSR count). The Hall–Kier alpha value is -2.45. The average molecular weight is 367 g/mol. The minimum absolute atomic E-state index is 0.0454. The zero-order chi connectivity index (χ0) is 17.8. The molecule has 25 heavy (non-hydrogen) atoms. The number of halogens is 2. The van der Waals surface area contributed by atoms with E-state index in [9.17, 15) is 9.18 Å². The molecule has 132 valence electrons. The number of anilines is 1. The smallest absolute Gasteiger partial charge is 0.338 e. The maximum Gasteiger partial charge on any atom is 0.338 e. The van der Waals surface area contributed by atoms with Crippen LogP contribution in [0.2, 0.25) is 5.15 Å². The largest absolute Gasteiger partial charge is 0.465 e. The summed E-state index contributed by atoms with van der Waals surface area (Å²) in [6.45, 7) is 2.93. The number of nitrogens with zero attached hydrogens (tertiary/aromatic N) is 3. The Morgan fingerprint density at radius 1 is 1.32 bits per heavy atom. The van der Waals surface area contributed by atoms with E-state index in [0.29, 0.717) is 13.1 Å².